The minimum absolute atomic E-state index is 0.207. The molecule has 1 aliphatic rings. The molecule has 2 rings (SSSR count). The van der Waals surface area contributed by atoms with E-state index in [0.717, 1.165) is 19.4 Å². The number of rotatable bonds is 5. The van der Waals surface area contributed by atoms with Gasteiger partial charge in [-0.1, -0.05) is 0 Å². The van der Waals surface area contributed by atoms with Gasteiger partial charge in [-0.2, -0.15) is 5.26 Å². The molecule has 0 aromatic heterocycles. The summed E-state index contributed by atoms with van der Waals surface area (Å²) in [5.74, 6) is 0.640. The first kappa shape index (κ1) is 14.8. The van der Waals surface area contributed by atoms with E-state index in [1.807, 2.05) is 6.07 Å². The van der Waals surface area contributed by atoms with E-state index in [1.165, 1.54) is 0 Å². The first-order valence-electron chi connectivity index (χ1n) is 6.89. The molecule has 108 valence electrons. The van der Waals surface area contributed by atoms with Gasteiger partial charge in [0.15, 0.2) is 0 Å². The van der Waals surface area contributed by atoms with Gasteiger partial charge >= 0.3 is 0 Å². The molecule has 0 amide bonds. The van der Waals surface area contributed by atoms with E-state index in [0.29, 0.717) is 24.4 Å². The van der Waals surface area contributed by atoms with Gasteiger partial charge in [-0.05, 0) is 43.7 Å². The minimum Gasteiger partial charge on any atom is -0.491 e. The van der Waals surface area contributed by atoms with Gasteiger partial charge in [0.25, 0.3) is 0 Å². The van der Waals surface area contributed by atoms with E-state index in [4.69, 9.17) is 10.00 Å². The molecule has 5 heteroatoms. The average molecular weight is 276 g/mol. The molecular formula is C15H20N2O3. The lowest BCUT2D eigenvalue weighted by Gasteiger charge is -2.31. The van der Waals surface area contributed by atoms with Crippen LogP contribution in [0, 0.1) is 11.3 Å². The Balaban J connectivity index is 1.74. The summed E-state index contributed by atoms with van der Waals surface area (Å²) in [5.41, 5.74) is 0.584. The van der Waals surface area contributed by atoms with Crippen LogP contribution in [0.1, 0.15) is 18.4 Å². The number of piperidine rings is 1. The number of likely N-dealkylation sites (tertiary alicyclic amines) is 1. The molecule has 1 saturated heterocycles. The molecule has 2 atom stereocenters. The summed E-state index contributed by atoms with van der Waals surface area (Å²) in [6.45, 7) is 2.24. The lowest BCUT2D eigenvalue weighted by atomic mass is 10.1. The monoisotopic (exact) mass is 276 g/mol. The van der Waals surface area contributed by atoms with Crippen LogP contribution in [0.25, 0.3) is 0 Å². The maximum atomic E-state index is 9.95. The van der Waals surface area contributed by atoms with Gasteiger partial charge in [-0.25, -0.2) is 0 Å². The Hall–Kier alpha value is -1.61. The molecule has 1 heterocycles. The maximum absolute atomic E-state index is 9.95. The molecule has 0 unspecified atom stereocenters. The van der Waals surface area contributed by atoms with Crippen LogP contribution in [0.15, 0.2) is 24.3 Å². The van der Waals surface area contributed by atoms with Gasteiger partial charge in [0, 0.05) is 13.1 Å². The molecule has 0 bridgehead atoms. The van der Waals surface area contributed by atoms with Crippen LogP contribution in [0.3, 0.4) is 0 Å². The van der Waals surface area contributed by atoms with Crippen molar-refractivity contribution < 1.29 is 14.9 Å². The zero-order valence-electron chi connectivity index (χ0n) is 11.4. The second kappa shape index (κ2) is 7.25. The second-order valence-electron chi connectivity index (χ2n) is 5.16. The zero-order chi connectivity index (χ0) is 14.4. The number of ether oxygens (including phenoxy) is 1. The third-order valence-electron chi connectivity index (χ3n) is 3.38. The Bertz CT molecular complexity index is 455. The molecule has 2 N–H and O–H groups in total. The van der Waals surface area contributed by atoms with Crippen molar-refractivity contribution in [2.24, 2.45) is 0 Å². The Morgan fingerprint density at radius 3 is 2.80 bits per heavy atom. The lowest BCUT2D eigenvalue weighted by molar-refractivity contribution is 0.0243. The number of benzene rings is 1. The van der Waals surface area contributed by atoms with Gasteiger partial charge in [0.1, 0.15) is 18.5 Å². The normalized spacial score (nSPS) is 21.1. The van der Waals surface area contributed by atoms with E-state index in [2.05, 4.69) is 4.90 Å². The Morgan fingerprint density at radius 2 is 2.15 bits per heavy atom. The summed E-state index contributed by atoms with van der Waals surface area (Å²) < 4.78 is 5.49. The van der Waals surface area contributed by atoms with Gasteiger partial charge in [-0.15, -0.1) is 0 Å². The molecule has 1 aromatic carbocycles. The minimum atomic E-state index is -0.587. The maximum Gasteiger partial charge on any atom is 0.119 e. The van der Waals surface area contributed by atoms with E-state index < -0.39 is 6.10 Å². The highest BCUT2D eigenvalue weighted by Gasteiger charge is 2.20. The van der Waals surface area contributed by atoms with Crippen LogP contribution in [0.4, 0.5) is 0 Å². The van der Waals surface area contributed by atoms with Crippen molar-refractivity contribution in [1.82, 2.24) is 4.90 Å². The van der Waals surface area contributed by atoms with Crippen molar-refractivity contribution >= 4 is 0 Å². The van der Waals surface area contributed by atoms with Crippen molar-refractivity contribution in [2.45, 2.75) is 25.0 Å². The standard InChI is InChI=1S/C15H20N2O3/c16-8-12-3-5-15(6-4-12)20-11-14(19)10-17-7-1-2-13(18)9-17/h3-6,13-14,18-19H,1-2,7,9-11H2/t13-,14+/m0/s1. The Kier molecular flexibility index (Phi) is 5.36. The highest BCUT2D eigenvalue weighted by atomic mass is 16.5. The fourth-order valence-corrected chi connectivity index (χ4v) is 2.37. The highest BCUT2D eigenvalue weighted by molar-refractivity contribution is 5.34. The number of aliphatic hydroxyl groups is 2. The van der Waals surface area contributed by atoms with Crippen LogP contribution < -0.4 is 4.74 Å². The molecule has 0 radical (unpaired) electrons. The van der Waals surface area contributed by atoms with Crippen molar-refractivity contribution in [3.63, 3.8) is 0 Å². The summed E-state index contributed by atoms with van der Waals surface area (Å²) in [6.07, 6.45) is 0.935. The highest BCUT2D eigenvalue weighted by Crippen LogP contribution is 2.13. The summed E-state index contributed by atoms with van der Waals surface area (Å²) in [7, 11) is 0. The van der Waals surface area contributed by atoms with Crippen LogP contribution in [0.5, 0.6) is 5.75 Å². The van der Waals surface area contributed by atoms with Crippen LogP contribution >= 0.6 is 0 Å². The number of β-amino-alcohol motifs (C(OH)–C–C–N with tert-alkyl or cyclic N) is 2. The van der Waals surface area contributed by atoms with Crippen molar-refractivity contribution in [1.29, 1.82) is 5.26 Å². The van der Waals surface area contributed by atoms with E-state index in [-0.39, 0.29) is 12.7 Å². The van der Waals surface area contributed by atoms with Crippen molar-refractivity contribution in [2.75, 3.05) is 26.2 Å². The van der Waals surface area contributed by atoms with Gasteiger partial charge in [-0.3, -0.25) is 4.90 Å². The van der Waals surface area contributed by atoms with E-state index in [1.54, 1.807) is 24.3 Å². The third-order valence-corrected chi connectivity index (χ3v) is 3.38. The Morgan fingerprint density at radius 1 is 1.40 bits per heavy atom. The lowest BCUT2D eigenvalue weighted by Crippen LogP contribution is -2.43. The number of nitriles is 1. The average Bonchev–Trinajstić information content (AvgIpc) is 2.46. The largest absolute Gasteiger partial charge is 0.491 e. The Labute approximate surface area is 119 Å². The number of nitrogens with zero attached hydrogens (tertiary/aromatic N) is 2. The quantitative estimate of drug-likeness (QED) is 0.830. The molecule has 1 aliphatic heterocycles. The van der Waals surface area contributed by atoms with Crippen molar-refractivity contribution in [3.8, 4) is 11.8 Å². The van der Waals surface area contributed by atoms with Crippen LogP contribution in [-0.4, -0.2) is 53.6 Å². The fraction of sp³-hybridized carbons (Fsp3) is 0.533. The zero-order valence-corrected chi connectivity index (χ0v) is 11.4. The van der Waals surface area contributed by atoms with Crippen molar-refractivity contribution in [3.05, 3.63) is 29.8 Å². The number of hydrogen-bond acceptors (Lipinski definition) is 5. The van der Waals surface area contributed by atoms with Gasteiger partial charge in [0.2, 0.25) is 0 Å². The molecule has 1 aromatic rings. The predicted molar refractivity (Wildman–Crippen MR) is 74.3 cm³/mol. The first-order chi connectivity index (χ1) is 9.67. The van der Waals surface area contributed by atoms with Gasteiger partial charge in [0.05, 0.1) is 17.7 Å². The van der Waals surface area contributed by atoms with E-state index >= 15 is 0 Å². The number of aliphatic hydroxyl groups excluding tert-OH is 2. The molecule has 5 nitrogen and oxygen atoms in total. The molecule has 0 saturated carbocycles. The van der Waals surface area contributed by atoms with Crippen LogP contribution in [-0.2, 0) is 0 Å². The molecule has 0 spiro atoms. The number of hydrogen-bond donors (Lipinski definition) is 2. The fourth-order valence-electron chi connectivity index (χ4n) is 2.37. The molecule has 0 aliphatic carbocycles. The predicted octanol–water partition coefficient (Wildman–Crippen LogP) is 0.755. The summed E-state index contributed by atoms with van der Waals surface area (Å²) in [5, 5.41) is 28.2. The summed E-state index contributed by atoms with van der Waals surface area (Å²) in [4.78, 5) is 2.06. The summed E-state index contributed by atoms with van der Waals surface area (Å²) in [6, 6.07) is 8.84. The molecular weight excluding hydrogens is 256 g/mol. The third kappa shape index (κ3) is 4.49. The first-order valence-corrected chi connectivity index (χ1v) is 6.89. The second-order valence-corrected chi connectivity index (χ2v) is 5.16. The smallest absolute Gasteiger partial charge is 0.119 e. The SMILES string of the molecule is N#Cc1ccc(OC[C@H](O)CN2CCC[C@H](O)C2)cc1. The van der Waals surface area contributed by atoms with E-state index in [9.17, 15) is 10.2 Å². The summed E-state index contributed by atoms with van der Waals surface area (Å²) >= 11 is 0. The van der Waals surface area contributed by atoms with Gasteiger partial charge < -0.3 is 14.9 Å². The molecule has 20 heavy (non-hydrogen) atoms. The van der Waals surface area contributed by atoms with Crippen LogP contribution in [0.2, 0.25) is 0 Å². The molecule has 1 fully saturated rings. The topological polar surface area (TPSA) is 76.7 Å².